The first kappa shape index (κ1) is 16.2. The number of halogens is 2. The lowest BCUT2D eigenvalue weighted by molar-refractivity contribution is -0.129. The maximum Gasteiger partial charge on any atom is 0.243 e. The van der Waals surface area contributed by atoms with E-state index in [-0.39, 0.29) is 17.0 Å². The van der Waals surface area contributed by atoms with Crippen molar-refractivity contribution in [3.8, 4) is 0 Å². The molecule has 1 heterocycles. The standard InChI is InChI=1S/C13H16ClFN2O3S/c1-9(18)17-7-5-10(6-8-17)16-21(19,20)12-4-2-3-11(14)13(12)15/h2-4,10,16H,5-8H2,1H3. The Kier molecular flexibility index (Phi) is 4.85. The first-order valence-electron chi connectivity index (χ1n) is 6.53. The number of amides is 1. The Morgan fingerprint density at radius 2 is 2.00 bits per heavy atom. The Labute approximate surface area is 128 Å². The second-order valence-corrected chi connectivity index (χ2v) is 7.04. The normalized spacial score (nSPS) is 17.0. The van der Waals surface area contributed by atoms with E-state index in [1.165, 1.54) is 25.1 Å². The lowest BCUT2D eigenvalue weighted by atomic mass is 10.1. The Morgan fingerprint density at radius 3 is 2.57 bits per heavy atom. The number of nitrogens with zero attached hydrogens (tertiary/aromatic N) is 1. The number of benzene rings is 1. The van der Waals surface area contributed by atoms with E-state index in [0.29, 0.717) is 25.9 Å². The van der Waals surface area contributed by atoms with Crippen LogP contribution < -0.4 is 4.72 Å². The lowest BCUT2D eigenvalue weighted by Gasteiger charge is -2.31. The van der Waals surface area contributed by atoms with Crippen molar-refractivity contribution in [2.45, 2.75) is 30.7 Å². The summed E-state index contributed by atoms with van der Waals surface area (Å²) in [6.07, 6.45) is 1.00. The third-order valence-corrected chi connectivity index (χ3v) is 5.30. The second-order valence-electron chi connectivity index (χ2n) is 4.95. The number of hydrogen-bond acceptors (Lipinski definition) is 3. The van der Waals surface area contributed by atoms with Crippen molar-refractivity contribution in [3.05, 3.63) is 29.0 Å². The highest BCUT2D eigenvalue weighted by Gasteiger charge is 2.27. The Balaban J connectivity index is 2.09. The van der Waals surface area contributed by atoms with Gasteiger partial charge in [-0.15, -0.1) is 0 Å². The predicted octanol–water partition coefficient (Wildman–Crippen LogP) is 1.77. The summed E-state index contributed by atoms with van der Waals surface area (Å²) in [6.45, 7) is 2.45. The molecule has 1 saturated heterocycles. The van der Waals surface area contributed by atoms with E-state index in [1.54, 1.807) is 4.90 Å². The molecule has 1 aromatic carbocycles. The van der Waals surface area contributed by atoms with E-state index in [1.807, 2.05) is 0 Å². The van der Waals surface area contributed by atoms with Crippen LogP contribution in [0.4, 0.5) is 4.39 Å². The first-order chi connectivity index (χ1) is 9.81. The Morgan fingerprint density at radius 1 is 1.38 bits per heavy atom. The molecule has 116 valence electrons. The molecule has 1 N–H and O–H groups in total. The molecule has 1 amide bonds. The summed E-state index contributed by atoms with van der Waals surface area (Å²) in [5.41, 5.74) is 0. The summed E-state index contributed by atoms with van der Waals surface area (Å²) in [7, 11) is -3.96. The summed E-state index contributed by atoms with van der Waals surface area (Å²) in [6, 6.07) is 3.54. The summed E-state index contributed by atoms with van der Waals surface area (Å²) < 4.78 is 40.7. The average Bonchev–Trinajstić information content (AvgIpc) is 2.41. The Hall–Kier alpha value is -1.18. The molecule has 0 spiro atoms. The van der Waals surface area contributed by atoms with Gasteiger partial charge in [0.2, 0.25) is 15.9 Å². The number of carbonyl (C=O) groups excluding carboxylic acids is 1. The van der Waals surface area contributed by atoms with Crippen LogP contribution in [0.1, 0.15) is 19.8 Å². The van der Waals surface area contributed by atoms with E-state index in [2.05, 4.69) is 4.72 Å². The van der Waals surface area contributed by atoms with E-state index in [9.17, 15) is 17.6 Å². The van der Waals surface area contributed by atoms with Crippen LogP contribution in [0.2, 0.25) is 5.02 Å². The fraction of sp³-hybridized carbons (Fsp3) is 0.462. The molecule has 0 atom stereocenters. The molecule has 0 aromatic heterocycles. The topological polar surface area (TPSA) is 66.5 Å². The van der Waals surface area contributed by atoms with Gasteiger partial charge in [0.25, 0.3) is 0 Å². The van der Waals surface area contributed by atoms with Crippen molar-refractivity contribution in [1.82, 2.24) is 9.62 Å². The van der Waals surface area contributed by atoms with Crippen molar-refractivity contribution < 1.29 is 17.6 Å². The van der Waals surface area contributed by atoms with Gasteiger partial charge >= 0.3 is 0 Å². The molecule has 21 heavy (non-hydrogen) atoms. The van der Waals surface area contributed by atoms with Gasteiger partial charge in [0.05, 0.1) is 5.02 Å². The van der Waals surface area contributed by atoms with Crippen molar-refractivity contribution in [1.29, 1.82) is 0 Å². The minimum atomic E-state index is -3.96. The molecule has 0 unspecified atom stereocenters. The minimum Gasteiger partial charge on any atom is -0.343 e. The maximum atomic E-state index is 13.8. The minimum absolute atomic E-state index is 0.0304. The van der Waals surface area contributed by atoms with E-state index in [4.69, 9.17) is 11.6 Å². The molecule has 0 aliphatic carbocycles. The third kappa shape index (κ3) is 3.72. The summed E-state index contributed by atoms with van der Waals surface area (Å²) in [5.74, 6) is -0.981. The number of likely N-dealkylation sites (tertiary alicyclic amines) is 1. The van der Waals surface area contributed by atoms with Crippen molar-refractivity contribution in [3.63, 3.8) is 0 Å². The number of piperidine rings is 1. The second kappa shape index (κ2) is 6.29. The third-order valence-electron chi connectivity index (χ3n) is 3.47. The molecule has 0 radical (unpaired) electrons. The highest BCUT2D eigenvalue weighted by Crippen LogP contribution is 2.23. The van der Waals surface area contributed by atoms with Crippen LogP contribution >= 0.6 is 11.6 Å². The highest BCUT2D eigenvalue weighted by atomic mass is 35.5. The van der Waals surface area contributed by atoms with Gasteiger partial charge in [0.1, 0.15) is 4.90 Å². The van der Waals surface area contributed by atoms with Crippen molar-refractivity contribution in [2.75, 3.05) is 13.1 Å². The zero-order valence-corrected chi connectivity index (χ0v) is 13.0. The van der Waals surface area contributed by atoms with Gasteiger partial charge in [-0.2, -0.15) is 0 Å². The fourth-order valence-corrected chi connectivity index (χ4v) is 3.92. The van der Waals surface area contributed by atoms with Gasteiger partial charge in [0.15, 0.2) is 5.82 Å². The van der Waals surface area contributed by atoms with E-state index < -0.39 is 20.7 Å². The SMILES string of the molecule is CC(=O)N1CCC(NS(=O)(=O)c2cccc(Cl)c2F)CC1. The van der Waals surface area contributed by atoms with E-state index in [0.717, 1.165) is 0 Å². The number of nitrogens with one attached hydrogen (secondary N) is 1. The van der Waals surface area contributed by atoms with Gasteiger partial charge in [-0.3, -0.25) is 4.79 Å². The molecule has 1 aliphatic heterocycles. The molecule has 0 bridgehead atoms. The van der Waals surface area contributed by atoms with Crippen LogP contribution in [0.3, 0.4) is 0 Å². The molecule has 0 saturated carbocycles. The molecule has 5 nitrogen and oxygen atoms in total. The van der Waals surface area contributed by atoms with Crippen molar-refractivity contribution in [2.24, 2.45) is 0 Å². The number of rotatable bonds is 3. The van der Waals surface area contributed by atoms with Crippen LogP contribution in [0, 0.1) is 5.82 Å². The molecular weight excluding hydrogens is 319 g/mol. The quantitative estimate of drug-likeness (QED) is 0.916. The van der Waals surface area contributed by atoms with Crippen molar-refractivity contribution >= 4 is 27.5 Å². The van der Waals surface area contributed by atoms with Crippen LogP contribution in [0.25, 0.3) is 0 Å². The summed E-state index contributed by atoms with van der Waals surface area (Å²) >= 11 is 5.61. The van der Waals surface area contributed by atoms with Gasteiger partial charge in [-0.05, 0) is 25.0 Å². The van der Waals surface area contributed by atoms with E-state index >= 15 is 0 Å². The number of sulfonamides is 1. The molecular formula is C13H16ClFN2O3S. The fourth-order valence-electron chi connectivity index (χ4n) is 2.29. The number of hydrogen-bond donors (Lipinski definition) is 1. The van der Waals surface area contributed by atoms with Gasteiger partial charge in [-0.1, -0.05) is 17.7 Å². The van der Waals surface area contributed by atoms with Crippen LogP contribution in [-0.4, -0.2) is 38.4 Å². The molecule has 8 heteroatoms. The molecule has 1 aromatic rings. The zero-order chi connectivity index (χ0) is 15.6. The maximum absolute atomic E-state index is 13.8. The summed E-state index contributed by atoms with van der Waals surface area (Å²) in [4.78, 5) is 12.4. The lowest BCUT2D eigenvalue weighted by Crippen LogP contribution is -2.46. The first-order valence-corrected chi connectivity index (χ1v) is 8.39. The molecule has 1 aliphatic rings. The monoisotopic (exact) mass is 334 g/mol. The Bertz CT molecular complexity index is 643. The average molecular weight is 335 g/mol. The van der Waals surface area contributed by atoms with Gasteiger partial charge in [-0.25, -0.2) is 17.5 Å². The molecule has 2 rings (SSSR count). The highest BCUT2D eigenvalue weighted by molar-refractivity contribution is 7.89. The number of carbonyl (C=O) groups is 1. The molecule has 1 fully saturated rings. The van der Waals surface area contributed by atoms with Crippen LogP contribution in [0.15, 0.2) is 23.1 Å². The summed E-state index contributed by atoms with van der Waals surface area (Å²) in [5, 5.41) is -0.232. The van der Waals surface area contributed by atoms with Crippen LogP contribution in [0.5, 0.6) is 0 Å². The van der Waals surface area contributed by atoms with Gasteiger partial charge in [0, 0.05) is 26.1 Å². The van der Waals surface area contributed by atoms with Gasteiger partial charge < -0.3 is 4.90 Å². The smallest absolute Gasteiger partial charge is 0.243 e. The zero-order valence-electron chi connectivity index (χ0n) is 11.5. The van der Waals surface area contributed by atoms with Crippen LogP contribution in [-0.2, 0) is 14.8 Å². The largest absolute Gasteiger partial charge is 0.343 e. The predicted molar refractivity (Wildman–Crippen MR) is 77.0 cm³/mol.